The van der Waals surface area contributed by atoms with Gasteiger partial charge in [0.15, 0.2) is 0 Å². The van der Waals surface area contributed by atoms with Crippen LogP contribution in [0.4, 0.5) is 10.1 Å². The number of benzene rings is 3. The van der Waals surface area contributed by atoms with E-state index in [9.17, 15) is 22.4 Å². The highest BCUT2D eigenvalue weighted by Crippen LogP contribution is 2.26. The number of anilines is 1. The molecule has 0 heterocycles. The molecule has 0 fully saturated rings. The van der Waals surface area contributed by atoms with Crippen molar-refractivity contribution >= 4 is 50.7 Å². The van der Waals surface area contributed by atoms with Gasteiger partial charge in [0.1, 0.15) is 18.4 Å². The molecule has 1 N–H and O–H groups in total. The normalized spacial score (nSPS) is 12.5. The average molecular weight is 595 g/mol. The Hall–Kier alpha value is -3.14. The molecule has 3 aromatic carbocycles. The SMILES string of the molecule is CC(C(=O)NC(C)(C)C)N(Cc1ccc(Cl)cc1Cl)C(=O)CN(c1ccc(F)cc1)S(=O)(=O)c1ccccc1. The molecule has 0 bridgehead atoms. The van der Waals surface area contributed by atoms with Crippen molar-refractivity contribution in [3.63, 3.8) is 0 Å². The van der Waals surface area contributed by atoms with E-state index in [1.165, 1.54) is 35.2 Å². The van der Waals surface area contributed by atoms with E-state index >= 15 is 0 Å². The van der Waals surface area contributed by atoms with Gasteiger partial charge in [0, 0.05) is 22.1 Å². The van der Waals surface area contributed by atoms with Crippen molar-refractivity contribution in [2.45, 2.75) is 50.7 Å². The standard InChI is InChI=1S/C28H30Cl2FN3O4S/c1-19(27(36)32-28(2,3)4)33(17-20-10-11-21(29)16-25(20)30)26(35)18-34(23-14-12-22(31)13-15-23)39(37,38)24-8-6-5-7-9-24/h5-16,19H,17-18H2,1-4H3,(H,32,36). The van der Waals surface area contributed by atoms with E-state index in [1.54, 1.807) is 37.3 Å². The summed E-state index contributed by atoms with van der Waals surface area (Å²) in [6.07, 6.45) is 0. The van der Waals surface area contributed by atoms with Crippen molar-refractivity contribution in [2.75, 3.05) is 10.8 Å². The van der Waals surface area contributed by atoms with Crippen LogP contribution in [0.2, 0.25) is 10.0 Å². The number of amides is 2. The zero-order valence-electron chi connectivity index (χ0n) is 22.0. The summed E-state index contributed by atoms with van der Waals surface area (Å²) in [5.41, 5.74) is 0.0309. The number of hydrogen-bond acceptors (Lipinski definition) is 4. The minimum atomic E-state index is -4.24. The van der Waals surface area contributed by atoms with Crippen LogP contribution < -0.4 is 9.62 Å². The van der Waals surface area contributed by atoms with Crippen LogP contribution >= 0.6 is 23.2 Å². The number of rotatable bonds is 9. The Balaban J connectivity index is 2.04. The third-order valence-corrected chi connectivity index (χ3v) is 8.12. The highest BCUT2D eigenvalue weighted by atomic mass is 35.5. The van der Waals surface area contributed by atoms with Crippen molar-refractivity contribution in [1.82, 2.24) is 10.2 Å². The Kier molecular flexibility index (Phi) is 9.64. The van der Waals surface area contributed by atoms with Gasteiger partial charge in [0.25, 0.3) is 10.0 Å². The summed E-state index contributed by atoms with van der Waals surface area (Å²) >= 11 is 12.4. The highest BCUT2D eigenvalue weighted by molar-refractivity contribution is 7.92. The van der Waals surface area contributed by atoms with Gasteiger partial charge in [0.2, 0.25) is 11.8 Å². The molecule has 0 aromatic heterocycles. The number of hydrogen-bond donors (Lipinski definition) is 1. The van der Waals surface area contributed by atoms with Crippen LogP contribution in [-0.4, -0.2) is 43.3 Å². The number of halogens is 3. The Morgan fingerprint density at radius 3 is 2.15 bits per heavy atom. The molecule has 1 atom stereocenters. The van der Waals surface area contributed by atoms with Crippen molar-refractivity contribution in [1.29, 1.82) is 0 Å². The van der Waals surface area contributed by atoms with Crippen molar-refractivity contribution in [3.05, 3.63) is 94.2 Å². The first-order valence-corrected chi connectivity index (χ1v) is 14.3. The molecule has 0 aliphatic carbocycles. The lowest BCUT2D eigenvalue weighted by molar-refractivity contribution is -0.140. The van der Waals surface area contributed by atoms with Gasteiger partial charge in [-0.2, -0.15) is 0 Å². The maximum Gasteiger partial charge on any atom is 0.264 e. The molecular formula is C28H30Cl2FN3O4S. The van der Waals surface area contributed by atoms with E-state index in [2.05, 4.69) is 5.32 Å². The van der Waals surface area contributed by atoms with Crippen LogP contribution in [0.5, 0.6) is 0 Å². The summed E-state index contributed by atoms with van der Waals surface area (Å²) in [6.45, 7) is 6.24. The molecule has 0 spiro atoms. The molecular weight excluding hydrogens is 564 g/mol. The third kappa shape index (κ3) is 7.94. The molecule has 208 valence electrons. The summed E-state index contributed by atoms with van der Waals surface area (Å²) in [7, 11) is -4.24. The second kappa shape index (κ2) is 12.4. The largest absolute Gasteiger partial charge is 0.350 e. The van der Waals surface area contributed by atoms with E-state index in [0.717, 1.165) is 16.4 Å². The smallest absolute Gasteiger partial charge is 0.264 e. The van der Waals surface area contributed by atoms with Gasteiger partial charge in [-0.1, -0.05) is 47.5 Å². The number of carbonyl (C=O) groups excluding carboxylic acids is 2. The van der Waals surface area contributed by atoms with Gasteiger partial charge in [-0.15, -0.1) is 0 Å². The fourth-order valence-corrected chi connectivity index (χ4v) is 5.65. The summed E-state index contributed by atoms with van der Waals surface area (Å²) in [5, 5.41) is 3.54. The minimum Gasteiger partial charge on any atom is -0.350 e. The van der Waals surface area contributed by atoms with E-state index in [1.807, 2.05) is 20.8 Å². The lowest BCUT2D eigenvalue weighted by Crippen LogP contribution is -2.54. The first-order chi connectivity index (χ1) is 18.2. The fourth-order valence-electron chi connectivity index (χ4n) is 3.75. The second-order valence-electron chi connectivity index (χ2n) is 9.97. The first kappa shape index (κ1) is 30.4. The molecule has 0 aliphatic rings. The zero-order valence-corrected chi connectivity index (χ0v) is 24.3. The summed E-state index contributed by atoms with van der Waals surface area (Å²) in [5.74, 6) is -1.66. The van der Waals surface area contributed by atoms with Gasteiger partial charge in [0.05, 0.1) is 10.6 Å². The molecule has 1 unspecified atom stereocenters. The van der Waals surface area contributed by atoms with Crippen LogP contribution in [0.25, 0.3) is 0 Å². The number of sulfonamides is 1. The molecule has 7 nitrogen and oxygen atoms in total. The average Bonchev–Trinajstić information content (AvgIpc) is 2.86. The highest BCUT2D eigenvalue weighted by Gasteiger charge is 2.33. The lowest BCUT2D eigenvalue weighted by Gasteiger charge is -2.33. The monoisotopic (exact) mass is 593 g/mol. The first-order valence-electron chi connectivity index (χ1n) is 12.1. The summed E-state index contributed by atoms with van der Waals surface area (Å²) < 4.78 is 41.9. The topological polar surface area (TPSA) is 86.8 Å². The number of nitrogens with one attached hydrogen (secondary N) is 1. The third-order valence-electron chi connectivity index (χ3n) is 5.75. The van der Waals surface area contributed by atoms with Crippen LogP contribution in [0, 0.1) is 5.82 Å². The van der Waals surface area contributed by atoms with Crippen molar-refractivity contribution in [2.24, 2.45) is 0 Å². The Morgan fingerprint density at radius 1 is 0.974 bits per heavy atom. The van der Waals surface area contributed by atoms with E-state index in [-0.39, 0.29) is 22.2 Å². The predicted molar refractivity (Wildman–Crippen MR) is 152 cm³/mol. The maximum atomic E-state index is 13.9. The van der Waals surface area contributed by atoms with Crippen LogP contribution in [0.15, 0.2) is 77.7 Å². The van der Waals surface area contributed by atoms with Gasteiger partial charge in [-0.3, -0.25) is 13.9 Å². The van der Waals surface area contributed by atoms with E-state index < -0.39 is 45.8 Å². The van der Waals surface area contributed by atoms with Gasteiger partial charge in [-0.25, -0.2) is 12.8 Å². The minimum absolute atomic E-state index is 0.0482. The molecule has 0 saturated heterocycles. The molecule has 39 heavy (non-hydrogen) atoms. The fraction of sp³-hybridized carbons (Fsp3) is 0.286. The molecule has 3 aromatic rings. The lowest BCUT2D eigenvalue weighted by atomic mass is 10.1. The molecule has 3 rings (SSSR count). The van der Waals surface area contributed by atoms with E-state index in [4.69, 9.17) is 23.2 Å². The Morgan fingerprint density at radius 2 is 1.59 bits per heavy atom. The maximum absolute atomic E-state index is 13.9. The molecule has 11 heteroatoms. The quantitative estimate of drug-likeness (QED) is 0.347. The molecule has 2 amide bonds. The van der Waals surface area contributed by atoms with Crippen molar-refractivity contribution in [3.8, 4) is 0 Å². The number of carbonyl (C=O) groups is 2. The van der Waals surface area contributed by atoms with Gasteiger partial charge in [-0.05, 0) is 81.8 Å². The van der Waals surface area contributed by atoms with Crippen molar-refractivity contribution < 1.29 is 22.4 Å². The van der Waals surface area contributed by atoms with Crippen LogP contribution in [0.3, 0.4) is 0 Å². The van der Waals surface area contributed by atoms with Gasteiger partial charge >= 0.3 is 0 Å². The zero-order chi connectivity index (χ0) is 29.0. The second-order valence-corrected chi connectivity index (χ2v) is 12.7. The summed E-state index contributed by atoms with van der Waals surface area (Å²) in [6, 6.07) is 16.1. The predicted octanol–water partition coefficient (Wildman–Crippen LogP) is 5.66. The van der Waals surface area contributed by atoms with Crippen LogP contribution in [-0.2, 0) is 26.2 Å². The summed E-state index contributed by atoms with van der Waals surface area (Å²) in [4.78, 5) is 28.2. The van der Waals surface area contributed by atoms with Gasteiger partial charge < -0.3 is 10.2 Å². The molecule has 0 aliphatic heterocycles. The molecule has 0 saturated carbocycles. The van der Waals surface area contributed by atoms with E-state index in [0.29, 0.717) is 10.6 Å². The Labute approximate surface area is 238 Å². The number of nitrogens with zero attached hydrogens (tertiary/aromatic N) is 2. The van der Waals surface area contributed by atoms with Crippen LogP contribution in [0.1, 0.15) is 33.3 Å². The Bertz CT molecular complexity index is 1430. The molecule has 0 radical (unpaired) electrons.